The van der Waals surface area contributed by atoms with Gasteiger partial charge >= 0.3 is 0 Å². The summed E-state index contributed by atoms with van der Waals surface area (Å²) in [4.78, 5) is 17.5. The summed E-state index contributed by atoms with van der Waals surface area (Å²) in [6, 6.07) is 14.5. The molecule has 0 bridgehead atoms. The Morgan fingerprint density at radius 1 is 1.03 bits per heavy atom. The van der Waals surface area contributed by atoms with Gasteiger partial charge in [0, 0.05) is 28.5 Å². The quantitative estimate of drug-likeness (QED) is 0.454. The van der Waals surface area contributed by atoms with E-state index in [0.717, 1.165) is 66.1 Å². The van der Waals surface area contributed by atoms with Gasteiger partial charge in [0.05, 0.1) is 11.2 Å². The fraction of sp³-hybridized carbons (Fsp3) is 0.481. The molecule has 3 aromatic rings. The van der Waals surface area contributed by atoms with Crippen LogP contribution in [0.25, 0.3) is 10.9 Å². The average Bonchev–Trinajstić information content (AvgIpc) is 3.20. The molecule has 32 heavy (non-hydrogen) atoms. The van der Waals surface area contributed by atoms with E-state index >= 15 is 0 Å². The van der Waals surface area contributed by atoms with E-state index in [2.05, 4.69) is 11.8 Å². The second-order valence-corrected chi connectivity index (χ2v) is 9.50. The Hall–Kier alpha value is -2.66. The van der Waals surface area contributed by atoms with Crippen LogP contribution < -0.4 is 5.84 Å². The van der Waals surface area contributed by atoms with Crippen LogP contribution in [0.2, 0.25) is 0 Å². The highest BCUT2D eigenvalue weighted by molar-refractivity contribution is 6.11. The first-order valence-electron chi connectivity index (χ1n) is 12.3. The smallest absolute Gasteiger partial charge is 0.193 e. The number of fused-ring (bicyclic) bond motifs is 1. The first-order valence-corrected chi connectivity index (χ1v) is 12.3. The third-order valence-electron chi connectivity index (χ3n) is 7.65. The number of aromatic nitrogens is 2. The normalized spacial score (nSPS) is 18.9. The molecule has 1 saturated carbocycles. The van der Waals surface area contributed by atoms with Crippen molar-refractivity contribution in [2.24, 2.45) is 0 Å². The monoisotopic (exact) mass is 430 g/mol. The number of piperidine rings is 1. The van der Waals surface area contributed by atoms with Crippen molar-refractivity contribution in [3.05, 3.63) is 64.8 Å². The van der Waals surface area contributed by atoms with E-state index in [1.54, 1.807) is 0 Å². The standard InChI is InChI=1S/C27H34N4O/c1-2-19-8-6-7-11-23(19)27(32)21-12-13-25-24(18-21)26(29-31(25)28)20-14-16-30(17-15-20)22-9-4-3-5-10-22/h6-8,11-13,18,20,22H,2-5,9-10,14-17,28H2,1H3. The molecule has 1 aromatic heterocycles. The summed E-state index contributed by atoms with van der Waals surface area (Å²) in [5, 5.41) is 5.75. The molecule has 2 N–H and O–H groups in total. The molecule has 1 aliphatic carbocycles. The van der Waals surface area contributed by atoms with E-state index in [1.807, 2.05) is 42.5 Å². The van der Waals surface area contributed by atoms with Crippen LogP contribution in [0.5, 0.6) is 0 Å². The van der Waals surface area contributed by atoms with Crippen LogP contribution >= 0.6 is 0 Å². The number of nitrogens with two attached hydrogens (primary N) is 1. The minimum atomic E-state index is 0.0761. The topological polar surface area (TPSA) is 64.2 Å². The Bertz CT molecular complexity index is 1100. The number of carbonyl (C=O) groups is 1. The van der Waals surface area contributed by atoms with Gasteiger partial charge in [0.1, 0.15) is 0 Å². The number of likely N-dealkylation sites (tertiary alicyclic amines) is 1. The lowest BCUT2D eigenvalue weighted by atomic mass is 9.87. The number of carbonyl (C=O) groups excluding carboxylic acids is 1. The number of benzene rings is 2. The molecule has 1 saturated heterocycles. The average molecular weight is 431 g/mol. The Balaban J connectivity index is 1.40. The molecule has 5 rings (SSSR count). The second kappa shape index (κ2) is 9.07. The Morgan fingerprint density at radius 2 is 1.78 bits per heavy atom. The van der Waals surface area contributed by atoms with Gasteiger partial charge in [0.2, 0.25) is 0 Å². The Morgan fingerprint density at radius 3 is 2.53 bits per heavy atom. The number of nitrogen functional groups attached to an aromatic ring is 1. The molecule has 0 radical (unpaired) electrons. The molecule has 5 nitrogen and oxygen atoms in total. The predicted molar refractivity (Wildman–Crippen MR) is 130 cm³/mol. The molecule has 2 fully saturated rings. The van der Waals surface area contributed by atoms with Gasteiger partial charge < -0.3 is 10.7 Å². The van der Waals surface area contributed by atoms with Gasteiger partial charge in [-0.05, 0) is 69.0 Å². The zero-order valence-electron chi connectivity index (χ0n) is 19.1. The van der Waals surface area contributed by atoms with Crippen molar-refractivity contribution in [1.29, 1.82) is 0 Å². The van der Waals surface area contributed by atoms with Crippen molar-refractivity contribution < 1.29 is 4.79 Å². The summed E-state index contributed by atoms with van der Waals surface area (Å²) in [5.74, 6) is 6.70. The number of aryl methyl sites for hydroxylation is 1. The number of hydrogen-bond donors (Lipinski definition) is 1. The van der Waals surface area contributed by atoms with Crippen LogP contribution in [0.4, 0.5) is 0 Å². The molecule has 0 atom stereocenters. The summed E-state index contributed by atoms with van der Waals surface area (Å²) in [5.41, 5.74) is 4.55. The van der Waals surface area contributed by atoms with Gasteiger partial charge in [0.15, 0.2) is 5.78 Å². The van der Waals surface area contributed by atoms with Gasteiger partial charge in [-0.2, -0.15) is 9.89 Å². The molecule has 2 aliphatic rings. The summed E-state index contributed by atoms with van der Waals surface area (Å²) in [7, 11) is 0. The molecule has 2 heterocycles. The fourth-order valence-electron chi connectivity index (χ4n) is 5.80. The van der Waals surface area contributed by atoms with Crippen molar-refractivity contribution in [1.82, 2.24) is 14.8 Å². The van der Waals surface area contributed by atoms with E-state index in [1.165, 1.54) is 36.9 Å². The van der Waals surface area contributed by atoms with E-state index in [9.17, 15) is 4.79 Å². The highest BCUT2D eigenvalue weighted by Crippen LogP contribution is 2.35. The molecule has 168 valence electrons. The van der Waals surface area contributed by atoms with E-state index in [4.69, 9.17) is 10.9 Å². The molecule has 0 spiro atoms. The molecule has 2 aromatic carbocycles. The van der Waals surface area contributed by atoms with Crippen LogP contribution in [-0.4, -0.2) is 39.7 Å². The minimum absolute atomic E-state index is 0.0761. The van der Waals surface area contributed by atoms with E-state index in [-0.39, 0.29) is 5.78 Å². The molecule has 1 aliphatic heterocycles. The molecule has 5 heteroatoms. The van der Waals surface area contributed by atoms with Crippen LogP contribution in [0, 0.1) is 0 Å². The maximum absolute atomic E-state index is 13.3. The summed E-state index contributed by atoms with van der Waals surface area (Å²) >= 11 is 0. The molecular formula is C27H34N4O. The molecular weight excluding hydrogens is 396 g/mol. The fourth-order valence-corrected chi connectivity index (χ4v) is 5.80. The number of ketones is 1. The first-order chi connectivity index (χ1) is 15.7. The first kappa shape index (κ1) is 21.2. The molecule has 0 unspecified atom stereocenters. The van der Waals surface area contributed by atoms with Crippen molar-refractivity contribution in [2.75, 3.05) is 18.9 Å². The summed E-state index contributed by atoms with van der Waals surface area (Å²) in [6.45, 7) is 4.36. The Labute approximate surface area is 190 Å². The van der Waals surface area contributed by atoms with Crippen LogP contribution in [0.15, 0.2) is 42.5 Å². The van der Waals surface area contributed by atoms with Crippen LogP contribution in [0.3, 0.4) is 0 Å². The lowest BCUT2D eigenvalue weighted by Gasteiger charge is -2.39. The van der Waals surface area contributed by atoms with Gasteiger partial charge in [-0.25, -0.2) is 0 Å². The number of hydrogen-bond acceptors (Lipinski definition) is 4. The summed E-state index contributed by atoms with van der Waals surface area (Å²) < 4.78 is 0. The number of rotatable bonds is 5. The van der Waals surface area contributed by atoms with Crippen molar-refractivity contribution in [2.45, 2.75) is 70.3 Å². The van der Waals surface area contributed by atoms with Gasteiger partial charge in [-0.1, -0.05) is 50.5 Å². The van der Waals surface area contributed by atoms with Crippen LogP contribution in [0.1, 0.15) is 85.0 Å². The largest absolute Gasteiger partial charge is 0.323 e. The van der Waals surface area contributed by atoms with E-state index in [0.29, 0.717) is 11.5 Å². The third kappa shape index (κ3) is 3.95. The minimum Gasteiger partial charge on any atom is -0.323 e. The van der Waals surface area contributed by atoms with Gasteiger partial charge in [-0.15, -0.1) is 0 Å². The zero-order chi connectivity index (χ0) is 22.1. The maximum Gasteiger partial charge on any atom is 0.193 e. The number of nitrogens with zero attached hydrogens (tertiary/aromatic N) is 3. The molecule has 0 amide bonds. The SMILES string of the molecule is CCc1ccccc1C(=O)c1ccc2c(c1)c(C1CCN(C3CCCCC3)CC1)nn2N. The zero-order valence-corrected chi connectivity index (χ0v) is 19.1. The maximum atomic E-state index is 13.3. The lowest BCUT2D eigenvalue weighted by molar-refractivity contribution is 0.103. The van der Waals surface area contributed by atoms with Crippen molar-refractivity contribution in [3.8, 4) is 0 Å². The second-order valence-electron chi connectivity index (χ2n) is 9.50. The van der Waals surface area contributed by atoms with Crippen molar-refractivity contribution >= 4 is 16.7 Å². The Kier molecular flexibility index (Phi) is 6.01. The van der Waals surface area contributed by atoms with Crippen LogP contribution in [-0.2, 0) is 6.42 Å². The van der Waals surface area contributed by atoms with Crippen molar-refractivity contribution in [3.63, 3.8) is 0 Å². The predicted octanol–water partition coefficient (Wildman–Crippen LogP) is 5.06. The third-order valence-corrected chi connectivity index (χ3v) is 7.65. The van der Waals surface area contributed by atoms with Gasteiger partial charge in [-0.3, -0.25) is 4.79 Å². The van der Waals surface area contributed by atoms with Gasteiger partial charge in [0.25, 0.3) is 0 Å². The highest BCUT2D eigenvalue weighted by Gasteiger charge is 2.29. The highest BCUT2D eigenvalue weighted by atomic mass is 16.1. The summed E-state index contributed by atoms with van der Waals surface area (Å²) in [6.07, 6.45) is 9.94. The van der Waals surface area contributed by atoms with E-state index < -0.39 is 0 Å². The lowest BCUT2D eigenvalue weighted by Crippen LogP contribution is -2.42.